The van der Waals surface area contributed by atoms with E-state index in [4.69, 9.17) is 26.1 Å². The Hall–Kier alpha value is -2.97. The molecule has 0 spiro atoms. The van der Waals surface area contributed by atoms with Gasteiger partial charge in [0.15, 0.2) is 11.5 Å². The van der Waals surface area contributed by atoms with Gasteiger partial charge in [-0.25, -0.2) is 4.98 Å². The van der Waals surface area contributed by atoms with Crippen molar-refractivity contribution in [2.75, 3.05) is 51.0 Å². The highest BCUT2D eigenvalue weighted by Crippen LogP contribution is 2.33. The average Bonchev–Trinajstić information content (AvgIpc) is 3.50. The van der Waals surface area contributed by atoms with E-state index < -0.39 is 0 Å². The Labute approximate surface area is 203 Å². The highest BCUT2D eigenvalue weighted by Gasteiger charge is 2.32. The molecule has 2 fully saturated rings. The maximum absolute atomic E-state index is 13.3. The molecular formula is C25H28ClN5O3. The molecule has 2 saturated heterocycles. The van der Waals surface area contributed by atoms with E-state index in [-0.39, 0.29) is 11.8 Å². The number of hydrogen-bond acceptors (Lipinski definition) is 6. The van der Waals surface area contributed by atoms with Crippen LogP contribution in [0, 0.1) is 5.92 Å². The molecule has 0 radical (unpaired) electrons. The lowest BCUT2D eigenvalue weighted by molar-refractivity contribution is -0.137. The molecule has 1 aromatic heterocycles. The maximum atomic E-state index is 13.3. The predicted octanol–water partition coefficient (Wildman–Crippen LogP) is 3.51. The van der Waals surface area contributed by atoms with Crippen molar-refractivity contribution < 1.29 is 14.3 Å². The number of H-pyrrole nitrogens is 1. The summed E-state index contributed by atoms with van der Waals surface area (Å²) in [5.41, 5.74) is 3.03. The number of nitrogens with one attached hydrogen (secondary N) is 1. The van der Waals surface area contributed by atoms with Gasteiger partial charge in [0.25, 0.3) is 0 Å². The number of piperazine rings is 1. The van der Waals surface area contributed by atoms with Crippen LogP contribution in [0.25, 0.3) is 11.0 Å². The highest BCUT2D eigenvalue weighted by atomic mass is 35.5. The number of piperidine rings is 1. The van der Waals surface area contributed by atoms with Gasteiger partial charge in [0.2, 0.25) is 18.6 Å². The number of amides is 1. The zero-order valence-corrected chi connectivity index (χ0v) is 19.8. The third kappa shape index (κ3) is 4.28. The number of anilines is 1. The molecule has 0 saturated carbocycles. The number of rotatable bonds is 4. The van der Waals surface area contributed by atoms with Crippen LogP contribution in [0.5, 0.6) is 11.5 Å². The van der Waals surface area contributed by atoms with Crippen molar-refractivity contribution in [2.24, 2.45) is 5.92 Å². The largest absolute Gasteiger partial charge is 0.454 e. The van der Waals surface area contributed by atoms with Gasteiger partial charge in [0.05, 0.1) is 17.0 Å². The topological polar surface area (TPSA) is 73.9 Å². The van der Waals surface area contributed by atoms with Gasteiger partial charge < -0.3 is 24.3 Å². The van der Waals surface area contributed by atoms with Crippen LogP contribution in [0.3, 0.4) is 0 Å². The van der Waals surface area contributed by atoms with E-state index >= 15 is 0 Å². The van der Waals surface area contributed by atoms with E-state index in [9.17, 15) is 4.79 Å². The highest BCUT2D eigenvalue weighted by molar-refractivity contribution is 6.31. The maximum Gasteiger partial charge on any atom is 0.231 e. The molecule has 1 unspecified atom stereocenters. The number of benzene rings is 2. The van der Waals surface area contributed by atoms with Gasteiger partial charge in [-0.1, -0.05) is 17.7 Å². The summed E-state index contributed by atoms with van der Waals surface area (Å²) >= 11 is 6.12. The second kappa shape index (κ2) is 9.00. The fourth-order valence-electron chi connectivity index (χ4n) is 5.17. The van der Waals surface area contributed by atoms with E-state index in [0.29, 0.717) is 18.4 Å². The van der Waals surface area contributed by atoms with Gasteiger partial charge in [0.1, 0.15) is 0 Å². The van der Waals surface area contributed by atoms with E-state index in [2.05, 4.69) is 26.9 Å². The Morgan fingerprint density at radius 2 is 1.91 bits per heavy atom. The van der Waals surface area contributed by atoms with Gasteiger partial charge in [-0.3, -0.25) is 9.69 Å². The first-order valence-corrected chi connectivity index (χ1v) is 12.3. The lowest BCUT2D eigenvalue weighted by Gasteiger charge is -2.39. The third-order valence-electron chi connectivity index (χ3n) is 7.03. The standard InChI is InChI=1S/C25H28ClN5O3/c26-19-4-5-20-21(13-19)28-25(27-20)31-7-1-2-18(15-31)24(32)30-10-8-29(9-11-30)14-17-3-6-22-23(12-17)34-16-33-22/h3-6,12-13,18H,1-2,7-11,14-16H2,(H,27,28). The Bertz CT molecular complexity index is 1210. The smallest absolute Gasteiger partial charge is 0.231 e. The first-order valence-electron chi connectivity index (χ1n) is 11.9. The number of nitrogens with zero attached hydrogens (tertiary/aromatic N) is 4. The molecule has 3 aliphatic heterocycles. The average molecular weight is 482 g/mol. The number of aromatic amines is 1. The Kier molecular flexibility index (Phi) is 5.71. The lowest BCUT2D eigenvalue weighted by Crippen LogP contribution is -2.52. The molecule has 9 heteroatoms. The Morgan fingerprint density at radius 1 is 1.06 bits per heavy atom. The minimum Gasteiger partial charge on any atom is -0.454 e. The minimum atomic E-state index is 0.00552. The van der Waals surface area contributed by atoms with Crippen molar-refractivity contribution >= 4 is 34.5 Å². The number of halogens is 1. The molecule has 1 amide bonds. The van der Waals surface area contributed by atoms with Crippen LogP contribution in [0.4, 0.5) is 5.95 Å². The molecule has 3 aromatic rings. The predicted molar refractivity (Wildman–Crippen MR) is 130 cm³/mol. The summed E-state index contributed by atoms with van der Waals surface area (Å²) in [4.78, 5) is 28.1. The second-order valence-corrected chi connectivity index (χ2v) is 9.73. The molecule has 34 heavy (non-hydrogen) atoms. The van der Waals surface area contributed by atoms with E-state index in [1.165, 1.54) is 5.56 Å². The molecule has 2 aromatic carbocycles. The van der Waals surface area contributed by atoms with Crippen molar-refractivity contribution in [1.29, 1.82) is 0 Å². The summed E-state index contributed by atoms with van der Waals surface area (Å²) in [5.74, 6) is 2.73. The molecule has 178 valence electrons. The summed E-state index contributed by atoms with van der Waals surface area (Å²) in [6.07, 6.45) is 1.91. The summed E-state index contributed by atoms with van der Waals surface area (Å²) in [5, 5.41) is 0.687. The number of imidazole rings is 1. The Balaban J connectivity index is 1.05. The summed E-state index contributed by atoms with van der Waals surface area (Å²) in [7, 11) is 0. The van der Waals surface area contributed by atoms with Crippen LogP contribution >= 0.6 is 11.6 Å². The minimum absolute atomic E-state index is 0.00552. The number of fused-ring (bicyclic) bond motifs is 2. The molecule has 0 aliphatic carbocycles. The molecule has 1 N–H and O–H groups in total. The van der Waals surface area contributed by atoms with Crippen LogP contribution in [-0.2, 0) is 11.3 Å². The van der Waals surface area contributed by atoms with Crippen LogP contribution in [-0.4, -0.2) is 71.7 Å². The molecule has 4 heterocycles. The van der Waals surface area contributed by atoms with Gasteiger partial charge in [-0.05, 0) is 48.7 Å². The van der Waals surface area contributed by atoms with E-state index in [1.807, 2.05) is 29.2 Å². The van der Waals surface area contributed by atoms with Crippen LogP contribution in [0.2, 0.25) is 5.02 Å². The molecule has 1 atom stereocenters. The quantitative estimate of drug-likeness (QED) is 0.614. The number of carbonyl (C=O) groups is 1. The summed E-state index contributed by atoms with van der Waals surface area (Å²) < 4.78 is 10.9. The summed E-state index contributed by atoms with van der Waals surface area (Å²) in [6.45, 7) is 6.03. The van der Waals surface area contributed by atoms with Gasteiger partial charge in [-0.2, -0.15) is 0 Å². The number of ether oxygens (including phenoxy) is 2. The van der Waals surface area contributed by atoms with Crippen LogP contribution < -0.4 is 14.4 Å². The molecular weight excluding hydrogens is 454 g/mol. The fraction of sp³-hybridized carbons (Fsp3) is 0.440. The van der Waals surface area contributed by atoms with Crippen molar-refractivity contribution in [2.45, 2.75) is 19.4 Å². The fourth-order valence-corrected chi connectivity index (χ4v) is 5.34. The van der Waals surface area contributed by atoms with Gasteiger partial charge >= 0.3 is 0 Å². The van der Waals surface area contributed by atoms with Crippen LogP contribution in [0.1, 0.15) is 18.4 Å². The Morgan fingerprint density at radius 3 is 2.79 bits per heavy atom. The van der Waals surface area contributed by atoms with Crippen molar-refractivity contribution in [3.8, 4) is 11.5 Å². The molecule has 3 aliphatic rings. The first kappa shape index (κ1) is 21.6. The molecule has 6 rings (SSSR count). The zero-order valence-electron chi connectivity index (χ0n) is 19.0. The van der Waals surface area contributed by atoms with Crippen LogP contribution in [0.15, 0.2) is 36.4 Å². The monoisotopic (exact) mass is 481 g/mol. The SMILES string of the molecule is O=C(C1CCCN(c2nc3ccc(Cl)cc3[nH]2)C1)N1CCN(Cc2ccc3c(c2)OCO3)CC1. The third-order valence-corrected chi connectivity index (χ3v) is 7.26. The second-order valence-electron chi connectivity index (χ2n) is 9.30. The molecule has 0 bridgehead atoms. The lowest BCUT2D eigenvalue weighted by atomic mass is 9.96. The van der Waals surface area contributed by atoms with E-state index in [1.54, 1.807) is 0 Å². The normalized spacial score (nSPS) is 20.8. The van der Waals surface area contributed by atoms with E-state index in [0.717, 1.165) is 80.6 Å². The number of carbonyl (C=O) groups excluding carboxylic acids is 1. The van der Waals surface area contributed by atoms with Crippen molar-refractivity contribution in [3.63, 3.8) is 0 Å². The van der Waals surface area contributed by atoms with Gasteiger partial charge in [-0.15, -0.1) is 0 Å². The molecule has 8 nitrogen and oxygen atoms in total. The number of hydrogen-bond donors (Lipinski definition) is 1. The first-order chi connectivity index (χ1) is 16.6. The van der Waals surface area contributed by atoms with Crippen molar-refractivity contribution in [3.05, 3.63) is 47.0 Å². The van der Waals surface area contributed by atoms with Crippen molar-refractivity contribution in [1.82, 2.24) is 19.8 Å². The zero-order chi connectivity index (χ0) is 23.1. The van der Waals surface area contributed by atoms with Gasteiger partial charge in [0, 0.05) is 50.8 Å². The summed E-state index contributed by atoms with van der Waals surface area (Å²) in [6, 6.07) is 11.8. The number of aromatic nitrogens is 2.